The number of esters is 1. The minimum Gasteiger partial charge on any atom is -0.449 e. The van der Waals surface area contributed by atoms with E-state index in [4.69, 9.17) is 10.00 Å². The van der Waals surface area contributed by atoms with Crippen LogP contribution in [0.5, 0.6) is 0 Å². The molecule has 2 rings (SSSR count). The summed E-state index contributed by atoms with van der Waals surface area (Å²) in [5.74, 6) is -1.01. The summed E-state index contributed by atoms with van der Waals surface area (Å²) in [6, 6.07) is 11.8. The molecule has 0 N–H and O–H groups in total. The number of benzene rings is 1. The van der Waals surface area contributed by atoms with Crippen molar-refractivity contribution in [1.29, 1.82) is 5.26 Å². The van der Waals surface area contributed by atoms with Gasteiger partial charge in [-0.05, 0) is 18.6 Å². The second-order valence-corrected chi connectivity index (χ2v) is 5.91. The molecule has 1 atom stereocenters. The zero-order chi connectivity index (χ0) is 19.6. The Morgan fingerprint density at radius 1 is 1.37 bits per heavy atom. The van der Waals surface area contributed by atoms with Crippen molar-refractivity contribution in [2.45, 2.75) is 26.0 Å². The Morgan fingerprint density at radius 2 is 2.11 bits per heavy atom. The van der Waals surface area contributed by atoms with Gasteiger partial charge in [0.25, 0.3) is 5.91 Å². The van der Waals surface area contributed by atoms with Gasteiger partial charge in [0.15, 0.2) is 6.10 Å². The Balaban J connectivity index is 1.86. The molecule has 0 aliphatic heterocycles. The van der Waals surface area contributed by atoms with Crippen LogP contribution in [0.3, 0.4) is 0 Å². The molecule has 0 bridgehead atoms. The molecule has 0 unspecified atom stereocenters. The molecule has 2 aromatic rings. The quantitative estimate of drug-likeness (QED) is 0.519. The van der Waals surface area contributed by atoms with E-state index in [2.05, 4.69) is 10.3 Å². The third-order valence-corrected chi connectivity index (χ3v) is 3.71. The predicted molar refractivity (Wildman–Crippen MR) is 98.0 cm³/mol. The lowest BCUT2D eigenvalue weighted by Gasteiger charge is -2.19. The third kappa shape index (κ3) is 6.40. The summed E-state index contributed by atoms with van der Waals surface area (Å²) in [4.78, 5) is 25.3. The van der Waals surface area contributed by atoms with Crippen molar-refractivity contribution in [3.05, 3.63) is 53.9 Å². The lowest BCUT2D eigenvalue weighted by molar-refractivity contribution is -0.154. The minimum atomic E-state index is -0.931. The standard InChI is InChI=1S/C19H21N5O3/c1-15(19(26)23(2)12-6-11-20)27-18(25)10-9-17-14-24(22-21-17)13-16-7-4-3-5-8-16/h3-5,7-10,14-15H,6,12-13H2,1-2H3/b10-9+/t15-/m0/s1. The first-order valence-corrected chi connectivity index (χ1v) is 8.44. The fourth-order valence-electron chi connectivity index (χ4n) is 2.29. The minimum absolute atomic E-state index is 0.224. The molecule has 8 heteroatoms. The van der Waals surface area contributed by atoms with E-state index in [1.54, 1.807) is 17.9 Å². The van der Waals surface area contributed by atoms with Gasteiger partial charge in [-0.1, -0.05) is 35.5 Å². The maximum absolute atomic E-state index is 12.0. The summed E-state index contributed by atoms with van der Waals surface area (Å²) in [6.45, 7) is 2.36. The van der Waals surface area contributed by atoms with E-state index in [1.165, 1.54) is 24.0 Å². The van der Waals surface area contributed by atoms with Crippen molar-refractivity contribution in [3.63, 3.8) is 0 Å². The molecular weight excluding hydrogens is 346 g/mol. The van der Waals surface area contributed by atoms with Crippen molar-refractivity contribution < 1.29 is 14.3 Å². The van der Waals surface area contributed by atoms with Crippen LogP contribution in [0, 0.1) is 11.3 Å². The molecule has 1 aromatic carbocycles. The highest BCUT2D eigenvalue weighted by Crippen LogP contribution is 2.04. The number of carbonyl (C=O) groups is 2. The molecule has 0 fully saturated rings. The summed E-state index contributed by atoms with van der Waals surface area (Å²) < 4.78 is 6.75. The van der Waals surface area contributed by atoms with Crippen molar-refractivity contribution >= 4 is 18.0 Å². The number of carbonyl (C=O) groups excluding carboxylic acids is 2. The highest BCUT2D eigenvalue weighted by atomic mass is 16.5. The van der Waals surface area contributed by atoms with Gasteiger partial charge >= 0.3 is 5.97 Å². The first kappa shape index (κ1) is 19.8. The summed E-state index contributed by atoms with van der Waals surface area (Å²) in [5, 5.41) is 16.5. The number of rotatable bonds is 8. The van der Waals surface area contributed by atoms with E-state index in [1.807, 2.05) is 36.4 Å². The monoisotopic (exact) mass is 367 g/mol. The highest BCUT2D eigenvalue weighted by Gasteiger charge is 2.20. The average Bonchev–Trinajstić information content (AvgIpc) is 3.12. The average molecular weight is 367 g/mol. The third-order valence-electron chi connectivity index (χ3n) is 3.71. The Morgan fingerprint density at radius 3 is 2.81 bits per heavy atom. The molecule has 27 heavy (non-hydrogen) atoms. The number of aromatic nitrogens is 3. The SMILES string of the molecule is C[C@H](OC(=O)/C=C/c1cn(Cc2ccccc2)nn1)C(=O)N(C)CCC#N. The maximum Gasteiger partial charge on any atom is 0.331 e. The number of amides is 1. The number of hydrogen-bond acceptors (Lipinski definition) is 6. The van der Waals surface area contributed by atoms with E-state index >= 15 is 0 Å². The molecule has 0 saturated heterocycles. The normalized spacial score (nSPS) is 11.7. The van der Waals surface area contributed by atoms with Gasteiger partial charge in [-0.25, -0.2) is 9.48 Å². The summed E-state index contributed by atoms with van der Waals surface area (Å²) >= 11 is 0. The van der Waals surface area contributed by atoms with Crippen LogP contribution in [0.25, 0.3) is 6.08 Å². The number of hydrogen-bond donors (Lipinski definition) is 0. The van der Waals surface area contributed by atoms with Gasteiger partial charge in [0.2, 0.25) is 0 Å². The molecule has 0 radical (unpaired) electrons. The smallest absolute Gasteiger partial charge is 0.331 e. The van der Waals surface area contributed by atoms with Crippen molar-refractivity contribution in [2.75, 3.05) is 13.6 Å². The van der Waals surface area contributed by atoms with Gasteiger partial charge in [-0.15, -0.1) is 5.10 Å². The predicted octanol–water partition coefficient (Wildman–Crippen LogP) is 1.64. The first-order chi connectivity index (χ1) is 13.0. The largest absolute Gasteiger partial charge is 0.449 e. The van der Waals surface area contributed by atoms with Crippen LogP contribution in [-0.4, -0.2) is 51.5 Å². The lowest BCUT2D eigenvalue weighted by Crippen LogP contribution is -2.37. The molecule has 1 heterocycles. The van der Waals surface area contributed by atoms with E-state index in [0.717, 1.165) is 5.56 Å². The second-order valence-electron chi connectivity index (χ2n) is 5.91. The number of likely N-dealkylation sites (N-methyl/N-ethyl adjacent to an activating group) is 1. The van der Waals surface area contributed by atoms with E-state index in [-0.39, 0.29) is 18.9 Å². The van der Waals surface area contributed by atoms with Crippen LogP contribution in [0.15, 0.2) is 42.6 Å². The van der Waals surface area contributed by atoms with Crippen LogP contribution in [0.1, 0.15) is 24.6 Å². The van der Waals surface area contributed by atoms with Gasteiger partial charge in [0.05, 0.1) is 25.2 Å². The van der Waals surface area contributed by atoms with Gasteiger partial charge in [0.1, 0.15) is 5.69 Å². The number of nitriles is 1. The Kier molecular flexibility index (Phi) is 7.26. The van der Waals surface area contributed by atoms with Gasteiger partial charge in [-0.2, -0.15) is 5.26 Å². The molecule has 0 aliphatic carbocycles. The zero-order valence-corrected chi connectivity index (χ0v) is 15.3. The van der Waals surface area contributed by atoms with Crippen molar-refractivity contribution in [3.8, 4) is 6.07 Å². The summed E-state index contributed by atoms with van der Waals surface area (Å²) in [5.41, 5.74) is 1.60. The Labute approximate surface area is 157 Å². The van der Waals surface area contributed by atoms with Crippen LogP contribution in [0.2, 0.25) is 0 Å². The fraction of sp³-hybridized carbons (Fsp3) is 0.316. The second kappa shape index (κ2) is 9.87. The van der Waals surface area contributed by atoms with Crippen LogP contribution >= 0.6 is 0 Å². The van der Waals surface area contributed by atoms with Gasteiger partial charge in [-0.3, -0.25) is 4.79 Å². The zero-order valence-electron chi connectivity index (χ0n) is 15.3. The maximum atomic E-state index is 12.0. The molecule has 1 amide bonds. The molecule has 0 aliphatic rings. The molecule has 140 valence electrons. The van der Waals surface area contributed by atoms with E-state index in [9.17, 15) is 9.59 Å². The number of nitrogens with zero attached hydrogens (tertiary/aromatic N) is 5. The molecule has 1 aromatic heterocycles. The number of ether oxygens (including phenoxy) is 1. The van der Waals surface area contributed by atoms with Gasteiger partial charge < -0.3 is 9.64 Å². The lowest BCUT2D eigenvalue weighted by atomic mass is 10.2. The van der Waals surface area contributed by atoms with Crippen LogP contribution in [-0.2, 0) is 20.9 Å². The summed E-state index contributed by atoms with van der Waals surface area (Å²) in [6.07, 6.45) is 3.69. The summed E-state index contributed by atoms with van der Waals surface area (Å²) in [7, 11) is 1.56. The molecular formula is C19H21N5O3. The van der Waals surface area contributed by atoms with E-state index < -0.39 is 12.1 Å². The van der Waals surface area contributed by atoms with Crippen LogP contribution in [0.4, 0.5) is 0 Å². The fourth-order valence-corrected chi connectivity index (χ4v) is 2.29. The highest BCUT2D eigenvalue weighted by molar-refractivity contribution is 5.90. The Bertz CT molecular complexity index is 839. The van der Waals surface area contributed by atoms with Crippen LogP contribution < -0.4 is 0 Å². The topological polar surface area (TPSA) is 101 Å². The Hall–Kier alpha value is -3.47. The molecule has 8 nitrogen and oxygen atoms in total. The van der Waals surface area contributed by atoms with Crippen molar-refractivity contribution in [1.82, 2.24) is 19.9 Å². The van der Waals surface area contributed by atoms with Crippen molar-refractivity contribution in [2.24, 2.45) is 0 Å². The van der Waals surface area contributed by atoms with E-state index in [0.29, 0.717) is 12.2 Å². The molecule has 0 saturated carbocycles. The molecule has 0 spiro atoms. The van der Waals surface area contributed by atoms with Gasteiger partial charge in [0, 0.05) is 19.7 Å². The first-order valence-electron chi connectivity index (χ1n) is 8.44.